The molecule has 0 spiro atoms. The van der Waals surface area contributed by atoms with E-state index in [1.807, 2.05) is 6.07 Å². The molecule has 8 heteroatoms. The van der Waals surface area contributed by atoms with Gasteiger partial charge in [0.25, 0.3) is 0 Å². The van der Waals surface area contributed by atoms with Crippen LogP contribution in [-0.2, 0) is 0 Å². The number of ether oxygens (including phenoxy) is 1. The third-order valence-electron chi connectivity index (χ3n) is 3.66. The van der Waals surface area contributed by atoms with E-state index >= 15 is 0 Å². The first-order valence-corrected chi connectivity index (χ1v) is 8.42. The van der Waals surface area contributed by atoms with Crippen molar-refractivity contribution in [2.45, 2.75) is 6.92 Å². The summed E-state index contributed by atoms with van der Waals surface area (Å²) in [5.41, 5.74) is 4.44. The van der Waals surface area contributed by atoms with E-state index in [0.29, 0.717) is 22.7 Å². The number of thiophene rings is 1. The van der Waals surface area contributed by atoms with Gasteiger partial charge in [0.05, 0.1) is 0 Å². The molecule has 0 radical (unpaired) electrons. The van der Waals surface area contributed by atoms with Crippen molar-refractivity contribution >= 4 is 34.4 Å². The van der Waals surface area contributed by atoms with E-state index in [9.17, 15) is 4.79 Å². The van der Waals surface area contributed by atoms with Gasteiger partial charge in [-0.15, -0.1) is 0 Å². The second kappa shape index (κ2) is 6.33. The van der Waals surface area contributed by atoms with Crippen molar-refractivity contribution in [3.63, 3.8) is 0 Å². The fourth-order valence-electron chi connectivity index (χ4n) is 2.52. The SMILES string of the molecule is Cc1cscc1-c1ccc(OC(=O)Nc2ncc[nH]2)c2nccnc12. The lowest BCUT2D eigenvalue weighted by Crippen LogP contribution is -2.17. The number of aromatic amines is 1. The summed E-state index contributed by atoms with van der Waals surface area (Å²) in [7, 11) is 0. The van der Waals surface area contributed by atoms with Gasteiger partial charge in [-0.3, -0.25) is 10.3 Å². The number of aromatic nitrogens is 4. The number of anilines is 1. The average molecular weight is 351 g/mol. The van der Waals surface area contributed by atoms with E-state index in [1.165, 1.54) is 11.8 Å². The third kappa shape index (κ3) is 2.94. The van der Waals surface area contributed by atoms with Gasteiger partial charge >= 0.3 is 6.09 Å². The number of hydrogen-bond donors (Lipinski definition) is 2. The van der Waals surface area contributed by atoms with Crippen molar-refractivity contribution in [1.82, 2.24) is 19.9 Å². The first-order chi connectivity index (χ1) is 12.2. The number of benzene rings is 1. The maximum absolute atomic E-state index is 12.1. The Morgan fingerprint density at radius 1 is 1.08 bits per heavy atom. The second-order valence-corrected chi connectivity index (χ2v) is 6.03. The molecular weight excluding hydrogens is 338 g/mol. The Hall–Kier alpha value is -3.26. The zero-order chi connectivity index (χ0) is 17.2. The molecule has 3 heterocycles. The van der Waals surface area contributed by atoms with Gasteiger partial charge in [0.15, 0.2) is 5.75 Å². The molecule has 0 fully saturated rings. The fourth-order valence-corrected chi connectivity index (χ4v) is 3.37. The van der Waals surface area contributed by atoms with Gasteiger partial charge in [-0.2, -0.15) is 11.3 Å². The molecule has 3 aromatic heterocycles. The number of carbonyl (C=O) groups excluding carboxylic acids is 1. The van der Waals surface area contributed by atoms with Crippen LogP contribution < -0.4 is 10.1 Å². The molecule has 1 amide bonds. The van der Waals surface area contributed by atoms with Gasteiger partial charge in [0.1, 0.15) is 11.0 Å². The quantitative estimate of drug-likeness (QED) is 0.582. The first-order valence-electron chi connectivity index (χ1n) is 7.47. The molecule has 25 heavy (non-hydrogen) atoms. The van der Waals surface area contributed by atoms with Crippen LogP contribution in [0.15, 0.2) is 47.7 Å². The van der Waals surface area contributed by atoms with Crippen LogP contribution >= 0.6 is 11.3 Å². The summed E-state index contributed by atoms with van der Waals surface area (Å²) in [6.45, 7) is 2.05. The standard InChI is InChI=1S/C17H13N5O2S/c1-10-8-25-9-12(10)11-2-3-13(15-14(11)18-4-5-19-15)24-17(23)22-16-20-6-7-21-16/h2-9H,1H3,(H2,20,21,22,23). The normalized spacial score (nSPS) is 10.8. The third-order valence-corrected chi connectivity index (χ3v) is 4.52. The lowest BCUT2D eigenvalue weighted by Gasteiger charge is -2.10. The van der Waals surface area contributed by atoms with Crippen LogP contribution in [0.1, 0.15) is 5.56 Å². The highest BCUT2D eigenvalue weighted by Crippen LogP contribution is 2.35. The average Bonchev–Trinajstić information content (AvgIpc) is 3.27. The Kier molecular flexibility index (Phi) is 3.87. The van der Waals surface area contributed by atoms with Crippen molar-refractivity contribution in [2.75, 3.05) is 5.32 Å². The summed E-state index contributed by atoms with van der Waals surface area (Å²) in [4.78, 5) is 27.5. The minimum atomic E-state index is -0.652. The summed E-state index contributed by atoms with van der Waals surface area (Å²) < 4.78 is 5.39. The van der Waals surface area contributed by atoms with Crippen LogP contribution in [0, 0.1) is 6.92 Å². The second-order valence-electron chi connectivity index (χ2n) is 5.29. The number of nitrogens with zero attached hydrogens (tertiary/aromatic N) is 3. The molecular formula is C17H13N5O2S. The Bertz CT molecular complexity index is 1040. The zero-order valence-electron chi connectivity index (χ0n) is 13.2. The number of amides is 1. The monoisotopic (exact) mass is 351 g/mol. The maximum Gasteiger partial charge on any atom is 0.419 e. The predicted molar refractivity (Wildman–Crippen MR) is 95.8 cm³/mol. The summed E-state index contributed by atoms with van der Waals surface area (Å²) >= 11 is 1.63. The van der Waals surface area contributed by atoms with Gasteiger partial charge in [0.2, 0.25) is 5.95 Å². The molecule has 1 aromatic carbocycles. The molecule has 0 saturated heterocycles. The lowest BCUT2D eigenvalue weighted by atomic mass is 10.0. The largest absolute Gasteiger partial charge is 0.419 e. The molecule has 7 nitrogen and oxygen atoms in total. The van der Waals surface area contributed by atoms with Crippen molar-refractivity contribution in [1.29, 1.82) is 0 Å². The summed E-state index contributed by atoms with van der Waals surface area (Å²) in [5, 5.41) is 6.67. The smallest absolute Gasteiger partial charge is 0.408 e. The number of imidazole rings is 1. The molecule has 4 rings (SSSR count). The van der Waals surface area contributed by atoms with Crippen LogP contribution in [0.5, 0.6) is 5.75 Å². The van der Waals surface area contributed by atoms with Gasteiger partial charge in [-0.05, 0) is 40.9 Å². The lowest BCUT2D eigenvalue weighted by molar-refractivity contribution is 0.215. The van der Waals surface area contributed by atoms with Gasteiger partial charge in [0, 0.05) is 30.4 Å². The minimum Gasteiger partial charge on any atom is -0.408 e. The number of nitrogens with one attached hydrogen (secondary N) is 2. The van der Waals surface area contributed by atoms with Crippen LogP contribution in [-0.4, -0.2) is 26.0 Å². The van der Waals surface area contributed by atoms with E-state index in [1.54, 1.807) is 36.0 Å². The van der Waals surface area contributed by atoms with Gasteiger partial charge < -0.3 is 9.72 Å². The molecule has 0 bridgehead atoms. The summed E-state index contributed by atoms with van der Waals surface area (Å²) in [6.07, 6.45) is 5.69. The molecule has 0 atom stereocenters. The number of aryl methyl sites for hydroxylation is 1. The topological polar surface area (TPSA) is 92.8 Å². The number of H-pyrrole nitrogens is 1. The Morgan fingerprint density at radius 3 is 2.64 bits per heavy atom. The van der Waals surface area contributed by atoms with Crippen molar-refractivity contribution < 1.29 is 9.53 Å². The molecule has 0 saturated carbocycles. The molecule has 4 aromatic rings. The molecule has 2 N–H and O–H groups in total. The Morgan fingerprint density at radius 2 is 1.92 bits per heavy atom. The zero-order valence-corrected chi connectivity index (χ0v) is 14.0. The van der Waals surface area contributed by atoms with Crippen LogP contribution in [0.3, 0.4) is 0 Å². The van der Waals surface area contributed by atoms with Gasteiger partial charge in [-0.1, -0.05) is 0 Å². The number of carbonyl (C=O) groups is 1. The van der Waals surface area contributed by atoms with Crippen molar-refractivity contribution in [3.05, 3.63) is 53.2 Å². The van der Waals surface area contributed by atoms with E-state index in [4.69, 9.17) is 4.74 Å². The first kappa shape index (κ1) is 15.3. The molecule has 0 unspecified atom stereocenters. The highest BCUT2D eigenvalue weighted by Gasteiger charge is 2.15. The van der Waals surface area contributed by atoms with E-state index in [2.05, 4.69) is 42.9 Å². The number of rotatable bonds is 3. The molecule has 0 aliphatic carbocycles. The van der Waals surface area contributed by atoms with Crippen LogP contribution in [0.4, 0.5) is 10.7 Å². The van der Waals surface area contributed by atoms with Crippen LogP contribution in [0.2, 0.25) is 0 Å². The Balaban J connectivity index is 1.71. The van der Waals surface area contributed by atoms with Crippen molar-refractivity contribution in [2.24, 2.45) is 0 Å². The predicted octanol–water partition coefficient (Wildman–Crippen LogP) is 4.00. The van der Waals surface area contributed by atoms with E-state index < -0.39 is 6.09 Å². The maximum atomic E-state index is 12.1. The number of fused-ring (bicyclic) bond motifs is 1. The van der Waals surface area contributed by atoms with Crippen LogP contribution in [0.25, 0.3) is 22.2 Å². The summed E-state index contributed by atoms with van der Waals surface area (Å²) in [6, 6.07) is 3.62. The molecule has 0 aliphatic rings. The van der Waals surface area contributed by atoms with Gasteiger partial charge in [-0.25, -0.2) is 14.8 Å². The highest BCUT2D eigenvalue weighted by atomic mass is 32.1. The number of hydrogen-bond acceptors (Lipinski definition) is 6. The highest BCUT2D eigenvalue weighted by molar-refractivity contribution is 7.08. The molecule has 124 valence electrons. The van der Waals surface area contributed by atoms with Crippen molar-refractivity contribution in [3.8, 4) is 16.9 Å². The minimum absolute atomic E-state index is 0.311. The van der Waals surface area contributed by atoms with E-state index in [0.717, 1.165) is 11.1 Å². The molecule has 0 aliphatic heterocycles. The van der Waals surface area contributed by atoms with E-state index in [-0.39, 0.29) is 0 Å². The Labute approximate surface area is 146 Å². The summed E-state index contributed by atoms with van der Waals surface area (Å²) in [5.74, 6) is 0.648. The fraction of sp³-hybridized carbons (Fsp3) is 0.0588.